The van der Waals surface area contributed by atoms with Gasteiger partial charge in [0.2, 0.25) is 0 Å². The highest BCUT2D eigenvalue weighted by molar-refractivity contribution is 5.84. The van der Waals surface area contributed by atoms with Crippen molar-refractivity contribution in [2.45, 2.75) is 25.9 Å². The van der Waals surface area contributed by atoms with Crippen molar-refractivity contribution in [3.8, 4) is 0 Å². The fourth-order valence-electron chi connectivity index (χ4n) is 1.28. The van der Waals surface area contributed by atoms with Crippen LogP contribution >= 0.6 is 0 Å². The highest BCUT2D eigenvalue weighted by Gasteiger charge is 2.03. The minimum absolute atomic E-state index is 0.217. The molecule has 0 aliphatic carbocycles. The first-order valence-corrected chi connectivity index (χ1v) is 5.38. The van der Waals surface area contributed by atoms with E-state index in [1.807, 2.05) is 37.3 Å². The minimum atomic E-state index is 0.217. The van der Waals surface area contributed by atoms with Crippen molar-refractivity contribution >= 4 is 11.5 Å². The molecule has 0 saturated heterocycles. The third-order valence-corrected chi connectivity index (χ3v) is 2.38. The van der Waals surface area contributed by atoms with Crippen LogP contribution in [0.15, 0.2) is 35.3 Å². The molecule has 0 heterocycles. The number of rotatable bonds is 5. The summed E-state index contributed by atoms with van der Waals surface area (Å²) in [4.78, 5) is 4.41. The predicted molar refractivity (Wildman–Crippen MR) is 66.6 cm³/mol. The van der Waals surface area contributed by atoms with Crippen molar-refractivity contribution in [1.82, 2.24) is 5.43 Å². The van der Waals surface area contributed by atoms with Gasteiger partial charge in [-0.15, -0.1) is 0 Å². The molecule has 0 fully saturated rings. The molecule has 0 radical (unpaired) electrons. The summed E-state index contributed by atoms with van der Waals surface area (Å²) in [6, 6.07) is 9.74. The van der Waals surface area contributed by atoms with Gasteiger partial charge in [0.1, 0.15) is 5.84 Å². The first kappa shape index (κ1) is 12.7. The zero-order valence-electron chi connectivity index (χ0n) is 9.81. The number of benzene rings is 1. The van der Waals surface area contributed by atoms with E-state index in [0.29, 0.717) is 0 Å². The maximum Gasteiger partial charge on any atom is 0.116 e. The summed E-state index contributed by atoms with van der Waals surface area (Å²) in [6.07, 6.45) is 1.89. The predicted octanol–water partition coefficient (Wildman–Crippen LogP) is 1.99. The lowest BCUT2D eigenvalue weighted by atomic mass is 10.2. The summed E-state index contributed by atoms with van der Waals surface area (Å²) >= 11 is 0. The van der Waals surface area contributed by atoms with Crippen molar-refractivity contribution in [3.05, 3.63) is 30.3 Å². The van der Waals surface area contributed by atoms with E-state index >= 15 is 0 Å². The lowest BCUT2D eigenvalue weighted by Gasteiger charge is -2.10. The summed E-state index contributed by atoms with van der Waals surface area (Å²) in [7, 11) is 1.70. The van der Waals surface area contributed by atoms with Crippen LogP contribution < -0.4 is 11.3 Å². The molecule has 0 aromatic heterocycles. The molecule has 16 heavy (non-hydrogen) atoms. The Hall–Kier alpha value is -1.39. The number of amidine groups is 1. The van der Waals surface area contributed by atoms with Gasteiger partial charge >= 0.3 is 0 Å². The summed E-state index contributed by atoms with van der Waals surface area (Å²) in [5, 5.41) is 0. The van der Waals surface area contributed by atoms with E-state index in [0.717, 1.165) is 24.4 Å². The highest BCUT2D eigenvalue weighted by atomic mass is 16.5. The molecule has 1 rings (SSSR count). The first-order chi connectivity index (χ1) is 7.76. The largest absolute Gasteiger partial charge is 0.382 e. The van der Waals surface area contributed by atoms with E-state index in [1.54, 1.807) is 7.11 Å². The molecule has 4 heteroatoms. The second-order valence-corrected chi connectivity index (χ2v) is 3.62. The number of hydrogen-bond acceptors (Lipinski definition) is 3. The summed E-state index contributed by atoms with van der Waals surface area (Å²) in [5.74, 6) is 6.20. The number of nitrogens with two attached hydrogens (primary N) is 1. The molecule has 0 saturated carbocycles. The van der Waals surface area contributed by atoms with Crippen molar-refractivity contribution < 1.29 is 4.74 Å². The Morgan fingerprint density at radius 1 is 1.44 bits per heavy atom. The fourth-order valence-corrected chi connectivity index (χ4v) is 1.28. The Labute approximate surface area is 96.5 Å². The van der Waals surface area contributed by atoms with Crippen molar-refractivity contribution in [2.75, 3.05) is 7.11 Å². The third-order valence-electron chi connectivity index (χ3n) is 2.38. The summed E-state index contributed by atoms with van der Waals surface area (Å²) in [6.45, 7) is 2.02. The molecule has 0 bridgehead atoms. The molecule has 88 valence electrons. The van der Waals surface area contributed by atoms with Gasteiger partial charge in [0, 0.05) is 13.5 Å². The first-order valence-electron chi connectivity index (χ1n) is 5.38. The number of para-hydroxylation sites is 1. The van der Waals surface area contributed by atoms with Crippen LogP contribution in [0.25, 0.3) is 0 Å². The van der Waals surface area contributed by atoms with Crippen LogP contribution in [0.3, 0.4) is 0 Å². The van der Waals surface area contributed by atoms with Crippen LogP contribution in [-0.4, -0.2) is 19.0 Å². The zero-order valence-corrected chi connectivity index (χ0v) is 9.81. The monoisotopic (exact) mass is 221 g/mol. The van der Waals surface area contributed by atoms with E-state index in [-0.39, 0.29) is 6.10 Å². The van der Waals surface area contributed by atoms with Crippen LogP contribution in [0.4, 0.5) is 5.69 Å². The number of ether oxygens (including phenoxy) is 1. The van der Waals surface area contributed by atoms with E-state index in [1.165, 1.54) is 0 Å². The second-order valence-electron chi connectivity index (χ2n) is 3.62. The molecule has 1 unspecified atom stereocenters. The molecule has 0 aliphatic rings. The Balaban J connectivity index is 2.57. The zero-order chi connectivity index (χ0) is 11.8. The normalized spacial score (nSPS) is 13.6. The topological polar surface area (TPSA) is 59.6 Å². The van der Waals surface area contributed by atoms with Gasteiger partial charge in [0.15, 0.2) is 0 Å². The van der Waals surface area contributed by atoms with Crippen LogP contribution in [0, 0.1) is 0 Å². The number of aliphatic imine (C=N–C) groups is 1. The third kappa shape index (κ3) is 4.42. The maximum absolute atomic E-state index is 5.43. The number of hydrogen-bond donors (Lipinski definition) is 2. The van der Waals surface area contributed by atoms with E-state index in [4.69, 9.17) is 10.6 Å². The number of nitrogens with one attached hydrogen (secondary N) is 1. The molecule has 1 aromatic carbocycles. The van der Waals surface area contributed by atoms with Crippen LogP contribution in [0.5, 0.6) is 0 Å². The number of methoxy groups -OCH3 is 1. The van der Waals surface area contributed by atoms with Gasteiger partial charge in [-0.1, -0.05) is 18.2 Å². The molecular weight excluding hydrogens is 202 g/mol. The average molecular weight is 221 g/mol. The minimum Gasteiger partial charge on any atom is -0.382 e. The molecule has 3 N–H and O–H groups in total. The van der Waals surface area contributed by atoms with Gasteiger partial charge in [-0.3, -0.25) is 0 Å². The van der Waals surface area contributed by atoms with Crippen molar-refractivity contribution in [2.24, 2.45) is 10.8 Å². The Morgan fingerprint density at radius 2 is 2.12 bits per heavy atom. The van der Waals surface area contributed by atoms with Gasteiger partial charge in [0.25, 0.3) is 0 Å². The molecule has 0 spiro atoms. The van der Waals surface area contributed by atoms with E-state index in [2.05, 4.69) is 10.4 Å². The van der Waals surface area contributed by atoms with E-state index in [9.17, 15) is 0 Å². The Bertz CT molecular complexity index is 324. The van der Waals surface area contributed by atoms with Gasteiger partial charge in [-0.25, -0.2) is 10.8 Å². The van der Waals surface area contributed by atoms with Crippen molar-refractivity contribution in [3.63, 3.8) is 0 Å². The van der Waals surface area contributed by atoms with Crippen molar-refractivity contribution in [1.29, 1.82) is 0 Å². The second kappa shape index (κ2) is 6.98. The van der Waals surface area contributed by atoms with Crippen LogP contribution in [0.2, 0.25) is 0 Å². The molecule has 4 nitrogen and oxygen atoms in total. The molecule has 0 amide bonds. The standard InChI is InChI=1S/C12H19N3O/c1-10(16-2)8-9-12(15-13)14-11-6-4-3-5-7-11/h3-7,10H,8-9,13H2,1-2H3,(H,14,15). The Kier molecular flexibility index (Phi) is 5.53. The highest BCUT2D eigenvalue weighted by Crippen LogP contribution is 2.11. The molecule has 0 aliphatic heterocycles. The maximum atomic E-state index is 5.43. The summed E-state index contributed by atoms with van der Waals surface area (Å²) < 4.78 is 5.17. The van der Waals surface area contributed by atoms with Gasteiger partial charge in [-0.2, -0.15) is 0 Å². The quantitative estimate of drug-likeness (QED) is 0.346. The van der Waals surface area contributed by atoms with Crippen LogP contribution in [0.1, 0.15) is 19.8 Å². The van der Waals surface area contributed by atoms with E-state index < -0.39 is 0 Å². The summed E-state index contributed by atoms with van der Waals surface area (Å²) in [5.41, 5.74) is 3.53. The number of hydrazine groups is 1. The van der Waals surface area contributed by atoms with Gasteiger partial charge in [-0.05, 0) is 25.5 Å². The van der Waals surface area contributed by atoms with Crippen LogP contribution in [-0.2, 0) is 4.74 Å². The lowest BCUT2D eigenvalue weighted by Crippen LogP contribution is -2.30. The fraction of sp³-hybridized carbons (Fsp3) is 0.417. The molecule has 1 atom stereocenters. The van der Waals surface area contributed by atoms with Gasteiger partial charge < -0.3 is 10.2 Å². The number of nitrogens with zero attached hydrogens (tertiary/aromatic N) is 1. The molecular formula is C12H19N3O. The van der Waals surface area contributed by atoms with Gasteiger partial charge in [0.05, 0.1) is 11.8 Å². The Morgan fingerprint density at radius 3 is 2.69 bits per heavy atom. The SMILES string of the molecule is COC(C)CCC(=Nc1ccccc1)NN. The smallest absolute Gasteiger partial charge is 0.116 e. The molecule has 1 aromatic rings. The average Bonchev–Trinajstić information content (AvgIpc) is 2.35. The lowest BCUT2D eigenvalue weighted by molar-refractivity contribution is 0.112.